The lowest BCUT2D eigenvalue weighted by Crippen LogP contribution is -2.36. The molecule has 0 spiro atoms. The summed E-state index contributed by atoms with van der Waals surface area (Å²) in [4.78, 5) is 26.1. The average molecular weight is 394 g/mol. The van der Waals surface area contributed by atoms with Gasteiger partial charge in [0.15, 0.2) is 6.61 Å². The van der Waals surface area contributed by atoms with Crippen LogP contribution in [0.3, 0.4) is 0 Å². The second-order valence-electron chi connectivity index (χ2n) is 6.39. The molecule has 1 aliphatic rings. The van der Waals surface area contributed by atoms with Crippen molar-refractivity contribution in [2.24, 2.45) is 0 Å². The summed E-state index contributed by atoms with van der Waals surface area (Å²) < 4.78 is 31.4. The Morgan fingerprint density at radius 2 is 1.67 bits per heavy atom. The molecule has 7 nitrogen and oxygen atoms in total. The van der Waals surface area contributed by atoms with Gasteiger partial charge in [-0.05, 0) is 37.1 Å². The van der Waals surface area contributed by atoms with Crippen molar-refractivity contribution in [3.05, 3.63) is 42.5 Å². The summed E-state index contributed by atoms with van der Waals surface area (Å²) in [6, 6.07) is 5.38. The minimum atomic E-state index is -3.65. The Bertz CT molecular complexity index is 751. The molecule has 1 N–H and O–H groups in total. The predicted molar refractivity (Wildman–Crippen MR) is 102 cm³/mol. The van der Waals surface area contributed by atoms with Gasteiger partial charge in [-0.3, -0.25) is 4.79 Å². The Morgan fingerprint density at radius 3 is 2.26 bits per heavy atom. The van der Waals surface area contributed by atoms with Gasteiger partial charge in [0.25, 0.3) is 5.91 Å². The standard InChI is InChI=1S/C19H26N2O5S/c1-2-12-20-27(24,25)17-10-8-16(9-11-17)19(23)26-15-18(22)21-13-6-4-3-5-7-14-21/h2,8-11,20H,1,3-7,12-15H2. The largest absolute Gasteiger partial charge is 0.452 e. The van der Waals surface area contributed by atoms with Crippen LogP contribution in [-0.2, 0) is 19.6 Å². The number of nitrogens with one attached hydrogen (secondary N) is 1. The van der Waals surface area contributed by atoms with Crippen LogP contribution in [0.25, 0.3) is 0 Å². The van der Waals surface area contributed by atoms with E-state index < -0.39 is 16.0 Å². The first-order valence-electron chi connectivity index (χ1n) is 9.09. The summed E-state index contributed by atoms with van der Waals surface area (Å²) in [5, 5.41) is 0. The molecule has 2 rings (SSSR count). The van der Waals surface area contributed by atoms with Gasteiger partial charge in [-0.1, -0.05) is 25.3 Å². The fraction of sp³-hybridized carbons (Fsp3) is 0.474. The van der Waals surface area contributed by atoms with E-state index >= 15 is 0 Å². The van der Waals surface area contributed by atoms with Crippen LogP contribution in [0.4, 0.5) is 0 Å². The van der Waals surface area contributed by atoms with E-state index in [1.807, 2.05) is 0 Å². The zero-order chi connectivity index (χ0) is 19.7. The second kappa shape index (κ2) is 10.2. The Morgan fingerprint density at radius 1 is 1.07 bits per heavy atom. The van der Waals surface area contributed by atoms with Gasteiger partial charge in [0.2, 0.25) is 10.0 Å². The molecule has 1 amide bonds. The van der Waals surface area contributed by atoms with E-state index in [0.717, 1.165) is 25.7 Å². The summed E-state index contributed by atoms with van der Waals surface area (Å²) >= 11 is 0. The number of amides is 1. The first kappa shape index (κ1) is 21.1. The van der Waals surface area contributed by atoms with Crippen LogP contribution in [0.5, 0.6) is 0 Å². The smallest absolute Gasteiger partial charge is 0.338 e. The fourth-order valence-corrected chi connectivity index (χ4v) is 3.82. The van der Waals surface area contributed by atoms with Crippen LogP contribution in [-0.4, -0.2) is 51.4 Å². The molecule has 1 heterocycles. The third-order valence-corrected chi connectivity index (χ3v) is 5.79. The Kier molecular flexibility index (Phi) is 7.99. The summed E-state index contributed by atoms with van der Waals surface area (Å²) in [5.74, 6) is -0.850. The van der Waals surface area contributed by atoms with Gasteiger partial charge in [0.05, 0.1) is 10.5 Å². The molecular formula is C19H26N2O5S. The Balaban J connectivity index is 1.90. The van der Waals surface area contributed by atoms with Crippen molar-refractivity contribution in [2.45, 2.75) is 37.0 Å². The summed E-state index contributed by atoms with van der Waals surface area (Å²) in [5.41, 5.74) is 0.193. The molecule has 0 aromatic heterocycles. The average Bonchev–Trinajstić information content (AvgIpc) is 2.64. The molecule has 1 aliphatic heterocycles. The molecule has 1 saturated heterocycles. The minimum Gasteiger partial charge on any atom is -0.452 e. The van der Waals surface area contributed by atoms with Gasteiger partial charge in [0, 0.05) is 19.6 Å². The Labute approximate surface area is 160 Å². The number of hydrogen-bond acceptors (Lipinski definition) is 5. The molecule has 1 aromatic rings. The van der Waals surface area contributed by atoms with Crippen LogP contribution < -0.4 is 4.72 Å². The third kappa shape index (κ3) is 6.48. The van der Waals surface area contributed by atoms with Gasteiger partial charge < -0.3 is 9.64 Å². The highest BCUT2D eigenvalue weighted by Gasteiger charge is 2.18. The van der Waals surface area contributed by atoms with Crippen molar-refractivity contribution in [3.8, 4) is 0 Å². The van der Waals surface area contributed by atoms with E-state index in [0.29, 0.717) is 13.1 Å². The van der Waals surface area contributed by atoms with Crippen molar-refractivity contribution in [1.29, 1.82) is 0 Å². The van der Waals surface area contributed by atoms with Gasteiger partial charge in [-0.15, -0.1) is 6.58 Å². The number of benzene rings is 1. The zero-order valence-corrected chi connectivity index (χ0v) is 16.2. The fourth-order valence-electron chi connectivity index (χ4n) is 2.82. The van der Waals surface area contributed by atoms with E-state index in [1.54, 1.807) is 4.90 Å². The van der Waals surface area contributed by atoms with E-state index in [1.165, 1.54) is 36.8 Å². The van der Waals surface area contributed by atoms with Crippen molar-refractivity contribution in [1.82, 2.24) is 9.62 Å². The maximum absolute atomic E-state index is 12.2. The maximum atomic E-state index is 12.2. The first-order valence-corrected chi connectivity index (χ1v) is 10.6. The zero-order valence-electron chi connectivity index (χ0n) is 15.4. The van der Waals surface area contributed by atoms with Gasteiger partial charge in [-0.2, -0.15) is 0 Å². The monoisotopic (exact) mass is 394 g/mol. The number of sulfonamides is 1. The molecule has 8 heteroatoms. The SMILES string of the molecule is C=CCNS(=O)(=O)c1ccc(C(=O)OCC(=O)N2CCCCCCC2)cc1. The van der Waals surface area contributed by atoms with Gasteiger partial charge in [0.1, 0.15) is 0 Å². The number of carbonyl (C=O) groups is 2. The topological polar surface area (TPSA) is 92.8 Å². The molecular weight excluding hydrogens is 368 g/mol. The third-order valence-electron chi connectivity index (χ3n) is 4.35. The van der Waals surface area contributed by atoms with Crippen molar-refractivity contribution < 1.29 is 22.7 Å². The molecule has 0 radical (unpaired) electrons. The number of carbonyl (C=O) groups excluding carboxylic acids is 2. The van der Waals surface area contributed by atoms with Crippen LogP contribution in [0.15, 0.2) is 41.8 Å². The van der Waals surface area contributed by atoms with E-state index in [2.05, 4.69) is 11.3 Å². The molecule has 1 fully saturated rings. The highest BCUT2D eigenvalue weighted by molar-refractivity contribution is 7.89. The molecule has 0 saturated carbocycles. The molecule has 0 atom stereocenters. The highest BCUT2D eigenvalue weighted by atomic mass is 32.2. The van der Waals surface area contributed by atoms with Crippen molar-refractivity contribution in [3.63, 3.8) is 0 Å². The predicted octanol–water partition coefficient (Wildman–Crippen LogP) is 2.10. The molecule has 1 aromatic carbocycles. The molecule has 148 valence electrons. The van der Waals surface area contributed by atoms with Gasteiger partial charge >= 0.3 is 5.97 Å². The summed E-state index contributed by atoms with van der Waals surface area (Å²) in [6.45, 7) is 4.65. The lowest BCUT2D eigenvalue weighted by molar-refractivity contribution is -0.134. The number of likely N-dealkylation sites (tertiary alicyclic amines) is 1. The number of esters is 1. The molecule has 0 aliphatic carbocycles. The van der Waals surface area contributed by atoms with E-state index in [4.69, 9.17) is 4.74 Å². The number of rotatable bonds is 7. The highest BCUT2D eigenvalue weighted by Crippen LogP contribution is 2.13. The van der Waals surface area contributed by atoms with Gasteiger partial charge in [-0.25, -0.2) is 17.9 Å². The molecule has 0 bridgehead atoms. The van der Waals surface area contributed by atoms with Crippen LogP contribution >= 0.6 is 0 Å². The van der Waals surface area contributed by atoms with E-state index in [-0.39, 0.29) is 29.5 Å². The van der Waals surface area contributed by atoms with E-state index in [9.17, 15) is 18.0 Å². The Hall–Kier alpha value is -2.19. The number of hydrogen-bond donors (Lipinski definition) is 1. The number of ether oxygens (including phenoxy) is 1. The number of nitrogens with zero attached hydrogens (tertiary/aromatic N) is 1. The maximum Gasteiger partial charge on any atom is 0.338 e. The van der Waals surface area contributed by atoms with Crippen molar-refractivity contribution in [2.75, 3.05) is 26.2 Å². The van der Waals surface area contributed by atoms with Crippen molar-refractivity contribution >= 4 is 21.9 Å². The molecule has 27 heavy (non-hydrogen) atoms. The minimum absolute atomic E-state index is 0.0395. The van der Waals surface area contributed by atoms with Crippen LogP contribution in [0.1, 0.15) is 42.5 Å². The van der Waals surface area contributed by atoms with Crippen LogP contribution in [0, 0.1) is 0 Å². The second-order valence-corrected chi connectivity index (χ2v) is 8.16. The van der Waals surface area contributed by atoms with Crippen LogP contribution in [0.2, 0.25) is 0 Å². The summed E-state index contributed by atoms with van der Waals surface area (Å²) in [7, 11) is -3.65. The first-order chi connectivity index (χ1) is 12.9. The summed E-state index contributed by atoms with van der Waals surface area (Å²) in [6.07, 6.45) is 6.80. The molecule has 0 unspecified atom stereocenters. The quantitative estimate of drug-likeness (QED) is 0.565. The lowest BCUT2D eigenvalue weighted by Gasteiger charge is -2.24. The lowest BCUT2D eigenvalue weighted by atomic mass is 10.1. The normalized spacial score (nSPS) is 15.5.